The van der Waals surface area contributed by atoms with Crippen molar-refractivity contribution in [2.45, 2.75) is 38.3 Å². The maximum Gasteiger partial charge on any atom is 0.253 e. The number of carbonyl (C=O) groups excluding carboxylic acids is 1. The molecule has 6 heteroatoms. The minimum absolute atomic E-state index is 0.00574. The smallest absolute Gasteiger partial charge is 0.253 e. The molecular formula is C18H28N4O2. The molecule has 1 saturated carbocycles. The van der Waals surface area contributed by atoms with Crippen molar-refractivity contribution in [2.75, 3.05) is 27.2 Å². The van der Waals surface area contributed by atoms with E-state index >= 15 is 0 Å². The zero-order valence-corrected chi connectivity index (χ0v) is 14.8. The number of carbonyl (C=O) groups is 1. The highest BCUT2D eigenvalue weighted by Gasteiger charge is 2.34. The molecule has 24 heavy (non-hydrogen) atoms. The molecule has 1 aromatic rings. The van der Waals surface area contributed by atoms with Gasteiger partial charge >= 0.3 is 0 Å². The third-order valence-corrected chi connectivity index (χ3v) is 4.24. The lowest BCUT2D eigenvalue weighted by Crippen LogP contribution is -2.50. The third-order valence-electron chi connectivity index (χ3n) is 4.24. The number of aliphatic hydroxyl groups is 1. The van der Waals surface area contributed by atoms with Crippen LogP contribution in [0, 0.1) is 0 Å². The van der Waals surface area contributed by atoms with Gasteiger partial charge in [-0.15, -0.1) is 0 Å². The summed E-state index contributed by atoms with van der Waals surface area (Å²) < 4.78 is 0. The third kappa shape index (κ3) is 4.96. The summed E-state index contributed by atoms with van der Waals surface area (Å²) in [6.45, 7) is 3.82. The minimum atomic E-state index is -0.579. The molecule has 3 N–H and O–H groups in total. The molecule has 1 aromatic carbocycles. The van der Waals surface area contributed by atoms with Crippen LogP contribution in [-0.2, 0) is 6.54 Å². The first-order valence-electron chi connectivity index (χ1n) is 8.49. The quantitative estimate of drug-likeness (QED) is 0.543. The molecule has 132 valence electrons. The van der Waals surface area contributed by atoms with E-state index in [1.54, 1.807) is 19.0 Å². The number of amides is 1. The summed E-state index contributed by atoms with van der Waals surface area (Å²) in [5.41, 5.74) is 1.12. The standard InChI is InChI=1S/C18H28N4O2/c1-4-19-17(21-13-18(24)10-5-11-18)20-12-14-6-8-15(9-7-14)16(23)22(2)3/h6-9,24H,4-5,10-13H2,1-3H3,(H2,19,20,21). The van der Waals surface area contributed by atoms with E-state index in [2.05, 4.69) is 15.6 Å². The zero-order chi connectivity index (χ0) is 17.6. The van der Waals surface area contributed by atoms with E-state index in [0.717, 1.165) is 31.4 Å². The van der Waals surface area contributed by atoms with Gasteiger partial charge in [0.2, 0.25) is 0 Å². The number of nitrogens with one attached hydrogen (secondary N) is 2. The molecule has 0 aromatic heterocycles. The van der Waals surface area contributed by atoms with Crippen molar-refractivity contribution in [1.29, 1.82) is 0 Å². The number of guanidine groups is 1. The van der Waals surface area contributed by atoms with E-state index in [1.807, 2.05) is 31.2 Å². The van der Waals surface area contributed by atoms with Crippen LogP contribution in [0.4, 0.5) is 0 Å². The van der Waals surface area contributed by atoms with Crippen LogP contribution in [0.1, 0.15) is 42.1 Å². The van der Waals surface area contributed by atoms with Crippen molar-refractivity contribution in [2.24, 2.45) is 4.99 Å². The van der Waals surface area contributed by atoms with Gasteiger partial charge in [0.05, 0.1) is 12.1 Å². The average molecular weight is 332 g/mol. The normalized spacial score (nSPS) is 16.2. The van der Waals surface area contributed by atoms with Crippen LogP contribution in [0.25, 0.3) is 0 Å². The van der Waals surface area contributed by atoms with Gasteiger partial charge < -0.3 is 20.6 Å². The molecule has 1 aliphatic rings. The van der Waals surface area contributed by atoms with Crippen LogP contribution in [0.15, 0.2) is 29.3 Å². The molecule has 6 nitrogen and oxygen atoms in total. The molecule has 0 heterocycles. The molecule has 1 amide bonds. The first kappa shape index (κ1) is 18.3. The van der Waals surface area contributed by atoms with Gasteiger partial charge in [-0.25, -0.2) is 4.99 Å². The summed E-state index contributed by atoms with van der Waals surface area (Å²) in [6.07, 6.45) is 2.78. The van der Waals surface area contributed by atoms with Gasteiger partial charge in [-0.3, -0.25) is 4.79 Å². The molecule has 0 radical (unpaired) electrons. The molecule has 1 aliphatic carbocycles. The van der Waals surface area contributed by atoms with Gasteiger partial charge in [0, 0.05) is 32.7 Å². The van der Waals surface area contributed by atoms with Gasteiger partial charge in [-0.1, -0.05) is 12.1 Å². The van der Waals surface area contributed by atoms with Crippen LogP contribution >= 0.6 is 0 Å². The Hall–Kier alpha value is -2.08. The van der Waals surface area contributed by atoms with Gasteiger partial charge in [-0.05, 0) is 43.9 Å². The van der Waals surface area contributed by atoms with Crippen LogP contribution in [0.5, 0.6) is 0 Å². The van der Waals surface area contributed by atoms with E-state index in [0.29, 0.717) is 24.6 Å². The number of benzene rings is 1. The fraction of sp³-hybridized carbons (Fsp3) is 0.556. The number of nitrogens with zero attached hydrogens (tertiary/aromatic N) is 2. The summed E-state index contributed by atoms with van der Waals surface area (Å²) in [6, 6.07) is 7.49. The first-order valence-corrected chi connectivity index (χ1v) is 8.49. The summed E-state index contributed by atoms with van der Waals surface area (Å²) in [5.74, 6) is 0.695. The predicted octanol–water partition coefficient (Wildman–Crippen LogP) is 1.36. The molecule has 0 saturated heterocycles. The Morgan fingerprint density at radius 1 is 1.25 bits per heavy atom. The maximum atomic E-state index is 11.9. The monoisotopic (exact) mass is 332 g/mol. The van der Waals surface area contributed by atoms with E-state index < -0.39 is 5.60 Å². The number of rotatable bonds is 6. The summed E-state index contributed by atoms with van der Waals surface area (Å²) in [4.78, 5) is 18.0. The molecule has 2 rings (SSSR count). The molecule has 0 spiro atoms. The Morgan fingerprint density at radius 3 is 2.42 bits per heavy atom. The Balaban J connectivity index is 1.93. The van der Waals surface area contributed by atoms with Crippen LogP contribution < -0.4 is 10.6 Å². The zero-order valence-electron chi connectivity index (χ0n) is 14.8. The highest BCUT2D eigenvalue weighted by molar-refractivity contribution is 5.93. The molecule has 0 atom stereocenters. The van der Waals surface area contributed by atoms with Gasteiger partial charge in [0.25, 0.3) is 5.91 Å². The lowest BCUT2D eigenvalue weighted by Gasteiger charge is -2.37. The second-order valence-corrected chi connectivity index (χ2v) is 6.52. The van der Waals surface area contributed by atoms with Crippen molar-refractivity contribution in [1.82, 2.24) is 15.5 Å². The minimum Gasteiger partial charge on any atom is -0.388 e. The van der Waals surface area contributed by atoms with Crippen molar-refractivity contribution in [3.05, 3.63) is 35.4 Å². The van der Waals surface area contributed by atoms with Crippen LogP contribution in [0.2, 0.25) is 0 Å². The lowest BCUT2D eigenvalue weighted by molar-refractivity contribution is -0.0279. The Morgan fingerprint density at radius 2 is 1.92 bits per heavy atom. The Labute approximate surface area is 144 Å². The maximum absolute atomic E-state index is 11.9. The van der Waals surface area contributed by atoms with Crippen LogP contribution in [-0.4, -0.2) is 54.7 Å². The topological polar surface area (TPSA) is 77.0 Å². The summed E-state index contributed by atoms with van der Waals surface area (Å²) >= 11 is 0. The second-order valence-electron chi connectivity index (χ2n) is 6.52. The van der Waals surface area contributed by atoms with Crippen molar-refractivity contribution >= 4 is 11.9 Å². The number of aliphatic imine (C=N–C) groups is 1. The largest absolute Gasteiger partial charge is 0.388 e. The fourth-order valence-corrected chi connectivity index (χ4v) is 2.53. The van der Waals surface area contributed by atoms with Crippen LogP contribution in [0.3, 0.4) is 0 Å². The Kier molecular flexibility index (Phi) is 6.20. The fourth-order valence-electron chi connectivity index (χ4n) is 2.53. The van der Waals surface area contributed by atoms with E-state index in [4.69, 9.17) is 0 Å². The second kappa shape index (κ2) is 8.15. The van der Waals surface area contributed by atoms with E-state index in [1.165, 1.54) is 0 Å². The molecule has 1 fully saturated rings. The first-order chi connectivity index (χ1) is 11.4. The highest BCUT2D eigenvalue weighted by Crippen LogP contribution is 2.30. The lowest BCUT2D eigenvalue weighted by atomic mass is 9.80. The van der Waals surface area contributed by atoms with E-state index in [-0.39, 0.29) is 5.91 Å². The average Bonchev–Trinajstić information content (AvgIpc) is 2.55. The predicted molar refractivity (Wildman–Crippen MR) is 96.1 cm³/mol. The van der Waals surface area contributed by atoms with Crippen molar-refractivity contribution < 1.29 is 9.90 Å². The highest BCUT2D eigenvalue weighted by atomic mass is 16.3. The summed E-state index contributed by atoms with van der Waals surface area (Å²) in [5, 5.41) is 16.5. The van der Waals surface area contributed by atoms with Gasteiger partial charge in [0.15, 0.2) is 5.96 Å². The van der Waals surface area contributed by atoms with Gasteiger partial charge in [-0.2, -0.15) is 0 Å². The summed E-state index contributed by atoms with van der Waals surface area (Å²) in [7, 11) is 3.48. The molecule has 0 aliphatic heterocycles. The molecule has 0 bridgehead atoms. The molecular weight excluding hydrogens is 304 g/mol. The molecule has 0 unspecified atom stereocenters. The van der Waals surface area contributed by atoms with Gasteiger partial charge in [0.1, 0.15) is 0 Å². The van der Waals surface area contributed by atoms with E-state index in [9.17, 15) is 9.90 Å². The van der Waals surface area contributed by atoms with Crippen molar-refractivity contribution in [3.63, 3.8) is 0 Å². The Bertz CT molecular complexity index is 577. The SMILES string of the molecule is CCNC(=NCc1ccc(C(=O)N(C)C)cc1)NCC1(O)CCC1. The number of hydrogen-bond acceptors (Lipinski definition) is 3. The number of hydrogen-bond donors (Lipinski definition) is 3. The van der Waals surface area contributed by atoms with Crippen molar-refractivity contribution in [3.8, 4) is 0 Å².